The summed E-state index contributed by atoms with van der Waals surface area (Å²) in [6.45, 7) is 8.41. The van der Waals surface area contributed by atoms with Crippen molar-refractivity contribution >= 4 is 11.9 Å². The number of morpholine rings is 1. The number of rotatable bonds is 6. The second kappa shape index (κ2) is 8.84. The molecule has 150 valence electrons. The number of H-pyrrole nitrogens is 1. The number of nitrogens with one attached hydrogen (secondary N) is 1. The van der Waals surface area contributed by atoms with Crippen LogP contribution in [0.4, 0.5) is 0 Å². The van der Waals surface area contributed by atoms with E-state index in [1.165, 1.54) is 0 Å². The van der Waals surface area contributed by atoms with Crippen molar-refractivity contribution in [2.75, 3.05) is 39.4 Å². The van der Waals surface area contributed by atoms with Gasteiger partial charge in [-0.3, -0.25) is 19.6 Å². The van der Waals surface area contributed by atoms with E-state index in [2.05, 4.69) is 15.1 Å². The van der Waals surface area contributed by atoms with E-state index in [1.807, 2.05) is 18.7 Å². The van der Waals surface area contributed by atoms with E-state index in [1.54, 1.807) is 0 Å². The number of piperidine rings is 1. The molecule has 2 unspecified atom stereocenters. The number of likely N-dealkylation sites (tertiary alicyclic amines) is 1. The summed E-state index contributed by atoms with van der Waals surface area (Å²) in [6, 6.07) is 0.309. The lowest BCUT2D eigenvalue weighted by molar-refractivity contribution is -0.137. The molecule has 3 heterocycles. The molecule has 8 heteroatoms. The molecule has 2 aliphatic rings. The highest BCUT2D eigenvalue weighted by Gasteiger charge is 2.36. The Morgan fingerprint density at radius 1 is 1.30 bits per heavy atom. The third-order valence-corrected chi connectivity index (χ3v) is 5.89. The molecule has 27 heavy (non-hydrogen) atoms. The molecule has 1 aromatic rings. The summed E-state index contributed by atoms with van der Waals surface area (Å²) in [5.74, 6) is -0.680. The van der Waals surface area contributed by atoms with Gasteiger partial charge in [-0.2, -0.15) is 5.10 Å². The van der Waals surface area contributed by atoms with Crippen LogP contribution < -0.4 is 0 Å². The highest BCUT2D eigenvalue weighted by atomic mass is 16.5. The number of nitrogens with zero attached hydrogens (tertiary/aromatic N) is 3. The summed E-state index contributed by atoms with van der Waals surface area (Å²) in [7, 11) is 0. The van der Waals surface area contributed by atoms with Crippen LogP contribution in [0, 0.1) is 12.8 Å². The molecule has 0 aliphatic carbocycles. The van der Waals surface area contributed by atoms with Crippen LogP contribution in [-0.4, -0.2) is 82.4 Å². The molecule has 1 amide bonds. The molecule has 8 nitrogen and oxygen atoms in total. The van der Waals surface area contributed by atoms with Gasteiger partial charge >= 0.3 is 5.97 Å². The topological polar surface area (TPSA) is 98.8 Å². The zero-order chi connectivity index (χ0) is 19.4. The monoisotopic (exact) mass is 378 g/mol. The predicted octanol–water partition coefficient (Wildman–Crippen LogP) is 1.31. The van der Waals surface area contributed by atoms with Gasteiger partial charge in [0.15, 0.2) is 5.69 Å². The minimum atomic E-state index is -0.782. The Kier molecular flexibility index (Phi) is 6.49. The molecule has 2 aliphatic heterocycles. The number of hydrogen-bond donors (Lipinski definition) is 2. The van der Waals surface area contributed by atoms with Gasteiger partial charge in [-0.15, -0.1) is 0 Å². The summed E-state index contributed by atoms with van der Waals surface area (Å²) in [6.07, 6.45) is 2.39. The number of amides is 1. The van der Waals surface area contributed by atoms with Crippen molar-refractivity contribution in [1.29, 1.82) is 0 Å². The number of carboxylic acid groups (broad SMARTS) is 1. The van der Waals surface area contributed by atoms with Crippen LogP contribution in [0.3, 0.4) is 0 Å². The molecule has 0 spiro atoms. The zero-order valence-corrected chi connectivity index (χ0v) is 16.2. The average Bonchev–Trinajstić information content (AvgIpc) is 3.06. The first kappa shape index (κ1) is 19.8. The van der Waals surface area contributed by atoms with Crippen molar-refractivity contribution in [1.82, 2.24) is 20.0 Å². The number of hydrogen-bond acceptors (Lipinski definition) is 5. The van der Waals surface area contributed by atoms with Crippen LogP contribution in [0.5, 0.6) is 0 Å². The molecule has 0 radical (unpaired) electrons. The van der Waals surface area contributed by atoms with E-state index in [0.717, 1.165) is 50.4 Å². The summed E-state index contributed by atoms with van der Waals surface area (Å²) < 4.78 is 5.46. The van der Waals surface area contributed by atoms with Crippen molar-refractivity contribution < 1.29 is 19.4 Å². The van der Waals surface area contributed by atoms with Crippen molar-refractivity contribution in [2.45, 2.75) is 45.6 Å². The molecule has 2 N–H and O–H groups in total. The fraction of sp³-hybridized carbons (Fsp3) is 0.737. The smallest absolute Gasteiger partial charge is 0.303 e. The van der Waals surface area contributed by atoms with Gasteiger partial charge in [-0.1, -0.05) is 6.92 Å². The van der Waals surface area contributed by atoms with Crippen molar-refractivity contribution in [3.8, 4) is 0 Å². The Morgan fingerprint density at radius 3 is 2.67 bits per heavy atom. The average molecular weight is 378 g/mol. The number of aromatic amines is 1. The van der Waals surface area contributed by atoms with E-state index >= 15 is 0 Å². The lowest BCUT2D eigenvalue weighted by Crippen LogP contribution is -2.55. The maximum Gasteiger partial charge on any atom is 0.303 e. The number of carboxylic acids is 1. The first-order valence-electron chi connectivity index (χ1n) is 9.88. The molecule has 0 bridgehead atoms. The number of aliphatic carboxylic acids is 1. The van der Waals surface area contributed by atoms with Crippen LogP contribution in [0.2, 0.25) is 0 Å². The van der Waals surface area contributed by atoms with Crippen LogP contribution in [0.1, 0.15) is 47.9 Å². The lowest BCUT2D eigenvalue weighted by atomic mass is 9.86. The number of aryl methyl sites for hydroxylation is 1. The molecule has 2 atom stereocenters. The molecule has 3 rings (SSSR count). The molecule has 2 fully saturated rings. The van der Waals surface area contributed by atoms with E-state index in [9.17, 15) is 9.59 Å². The molecular weight excluding hydrogens is 348 g/mol. The van der Waals surface area contributed by atoms with E-state index in [0.29, 0.717) is 31.2 Å². The third-order valence-electron chi connectivity index (χ3n) is 5.89. The summed E-state index contributed by atoms with van der Waals surface area (Å²) >= 11 is 0. The van der Waals surface area contributed by atoms with Gasteiger partial charge in [-0.05, 0) is 32.1 Å². The van der Waals surface area contributed by atoms with Crippen molar-refractivity contribution in [3.63, 3.8) is 0 Å². The van der Waals surface area contributed by atoms with Gasteiger partial charge in [0.25, 0.3) is 5.91 Å². The predicted molar refractivity (Wildman–Crippen MR) is 99.8 cm³/mol. The minimum absolute atomic E-state index is 0.0517. The van der Waals surface area contributed by atoms with Crippen molar-refractivity contribution in [2.24, 2.45) is 5.92 Å². The van der Waals surface area contributed by atoms with Crippen molar-refractivity contribution in [3.05, 3.63) is 17.0 Å². The molecular formula is C19H30N4O4. The van der Waals surface area contributed by atoms with E-state index < -0.39 is 5.97 Å². The van der Waals surface area contributed by atoms with Gasteiger partial charge in [0.2, 0.25) is 0 Å². The van der Waals surface area contributed by atoms with E-state index in [-0.39, 0.29) is 18.2 Å². The minimum Gasteiger partial charge on any atom is -0.481 e. The second-order valence-corrected chi connectivity index (χ2v) is 7.48. The fourth-order valence-electron chi connectivity index (χ4n) is 4.32. The molecule has 0 saturated carbocycles. The highest BCUT2D eigenvalue weighted by molar-refractivity contribution is 5.94. The number of aromatic nitrogens is 2. The maximum atomic E-state index is 13.0. The fourth-order valence-corrected chi connectivity index (χ4v) is 4.32. The summed E-state index contributed by atoms with van der Waals surface area (Å²) in [4.78, 5) is 28.4. The largest absolute Gasteiger partial charge is 0.481 e. The Labute approximate surface area is 159 Å². The summed E-state index contributed by atoms with van der Waals surface area (Å²) in [5.41, 5.74) is 2.40. The Hall–Kier alpha value is -1.93. The number of ether oxygens (including phenoxy) is 1. The van der Waals surface area contributed by atoms with Gasteiger partial charge < -0.3 is 14.7 Å². The summed E-state index contributed by atoms with van der Waals surface area (Å²) in [5, 5.41) is 16.3. The SMILES string of the molecule is CCc1[nH]nc(C(=O)N2CCC(N3CCOCC3)C(CCC(=O)O)C2)c1C. The van der Waals surface area contributed by atoms with Gasteiger partial charge in [0.1, 0.15) is 0 Å². The molecule has 0 aromatic carbocycles. The normalized spacial score (nSPS) is 24.1. The van der Waals surface area contributed by atoms with Crippen LogP contribution in [0.15, 0.2) is 0 Å². The van der Waals surface area contributed by atoms with Gasteiger partial charge in [0.05, 0.1) is 13.2 Å². The molecule has 2 saturated heterocycles. The Bertz CT molecular complexity index is 669. The van der Waals surface area contributed by atoms with Crippen LogP contribution in [-0.2, 0) is 16.0 Å². The maximum absolute atomic E-state index is 13.0. The lowest BCUT2D eigenvalue weighted by Gasteiger charge is -2.45. The van der Waals surface area contributed by atoms with Gasteiger partial charge in [0, 0.05) is 49.9 Å². The quantitative estimate of drug-likeness (QED) is 0.774. The number of carbonyl (C=O) groups is 2. The first-order valence-corrected chi connectivity index (χ1v) is 9.88. The van der Waals surface area contributed by atoms with Crippen LogP contribution in [0.25, 0.3) is 0 Å². The standard InChI is InChI=1S/C19H30N4O4/c1-3-15-13(2)18(21-20-15)19(26)23-7-6-16(22-8-10-27-11-9-22)14(12-23)4-5-17(24)25/h14,16H,3-12H2,1-2H3,(H,20,21)(H,24,25). The Balaban J connectivity index is 1.72. The highest BCUT2D eigenvalue weighted by Crippen LogP contribution is 2.28. The number of carbonyl (C=O) groups excluding carboxylic acids is 1. The van der Waals surface area contributed by atoms with Gasteiger partial charge in [-0.25, -0.2) is 0 Å². The second-order valence-electron chi connectivity index (χ2n) is 7.48. The van der Waals surface area contributed by atoms with Crippen LogP contribution >= 0.6 is 0 Å². The van der Waals surface area contributed by atoms with E-state index in [4.69, 9.17) is 9.84 Å². The molecule has 1 aromatic heterocycles. The third kappa shape index (κ3) is 4.50. The first-order chi connectivity index (χ1) is 13.0. The zero-order valence-electron chi connectivity index (χ0n) is 16.2. The Morgan fingerprint density at radius 2 is 2.04 bits per heavy atom.